The first kappa shape index (κ1) is 20.4. The van der Waals surface area contributed by atoms with Crippen molar-refractivity contribution in [3.63, 3.8) is 0 Å². The van der Waals surface area contributed by atoms with Crippen LogP contribution in [0, 0.1) is 0 Å². The van der Waals surface area contributed by atoms with Crippen molar-refractivity contribution < 1.29 is 23.8 Å². The molecule has 1 amide bonds. The third kappa shape index (κ3) is 4.54. The molecule has 6 nitrogen and oxygen atoms in total. The zero-order valence-corrected chi connectivity index (χ0v) is 17.4. The monoisotopic (exact) mass is 447 g/mol. The Balaban J connectivity index is 1.84. The Kier molecular flexibility index (Phi) is 6.70. The van der Waals surface area contributed by atoms with Gasteiger partial charge in [-0.25, -0.2) is 4.79 Å². The molecule has 7 heteroatoms. The lowest BCUT2D eigenvalue weighted by atomic mass is 10.1. The van der Waals surface area contributed by atoms with Gasteiger partial charge < -0.3 is 19.1 Å². The first-order chi connectivity index (χ1) is 13.5. The number of methoxy groups -OCH3 is 1. The predicted octanol–water partition coefficient (Wildman–Crippen LogP) is 3.73. The Bertz CT molecular complexity index is 870. The van der Waals surface area contributed by atoms with Crippen LogP contribution in [0.4, 0.5) is 0 Å². The minimum atomic E-state index is -0.424. The lowest BCUT2D eigenvalue weighted by Crippen LogP contribution is -2.33. The molecule has 1 aliphatic rings. The SMILES string of the molecule is CCOC(=O)COCC(c1cccc(OC)c1)N1Cc2ccc(Br)cc2C1=O. The summed E-state index contributed by atoms with van der Waals surface area (Å²) in [4.78, 5) is 26.4. The van der Waals surface area contributed by atoms with Gasteiger partial charge in [0, 0.05) is 16.6 Å². The van der Waals surface area contributed by atoms with E-state index in [1.807, 2.05) is 42.5 Å². The molecule has 2 aromatic carbocycles. The van der Waals surface area contributed by atoms with Crippen LogP contribution in [0.2, 0.25) is 0 Å². The fourth-order valence-electron chi connectivity index (χ4n) is 3.22. The van der Waals surface area contributed by atoms with E-state index < -0.39 is 5.97 Å². The smallest absolute Gasteiger partial charge is 0.332 e. The fourth-order valence-corrected chi connectivity index (χ4v) is 3.58. The first-order valence-corrected chi connectivity index (χ1v) is 9.79. The highest BCUT2D eigenvalue weighted by Gasteiger charge is 2.34. The highest BCUT2D eigenvalue weighted by Crippen LogP contribution is 2.34. The average Bonchev–Trinajstić information content (AvgIpc) is 3.01. The third-order valence-electron chi connectivity index (χ3n) is 4.56. The van der Waals surface area contributed by atoms with Crippen LogP contribution in [0.1, 0.15) is 34.5 Å². The van der Waals surface area contributed by atoms with Crippen LogP contribution in [0.15, 0.2) is 46.9 Å². The quantitative estimate of drug-likeness (QED) is 0.576. The van der Waals surface area contributed by atoms with E-state index in [0.29, 0.717) is 24.5 Å². The summed E-state index contributed by atoms with van der Waals surface area (Å²) in [6.45, 7) is 2.54. The third-order valence-corrected chi connectivity index (χ3v) is 5.05. The van der Waals surface area contributed by atoms with Crippen molar-refractivity contribution in [1.29, 1.82) is 0 Å². The van der Waals surface area contributed by atoms with Crippen molar-refractivity contribution in [2.24, 2.45) is 0 Å². The van der Waals surface area contributed by atoms with Crippen molar-refractivity contribution in [2.45, 2.75) is 19.5 Å². The van der Waals surface area contributed by atoms with E-state index >= 15 is 0 Å². The number of carbonyl (C=O) groups excluding carboxylic acids is 2. The molecule has 28 heavy (non-hydrogen) atoms. The topological polar surface area (TPSA) is 65.1 Å². The minimum absolute atomic E-state index is 0.0659. The molecule has 0 saturated heterocycles. The number of carbonyl (C=O) groups is 2. The summed E-state index contributed by atoms with van der Waals surface area (Å²) in [5, 5.41) is 0. The van der Waals surface area contributed by atoms with Crippen molar-refractivity contribution in [3.8, 4) is 5.75 Å². The maximum absolute atomic E-state index is 13.0. The van der Waals surface area contributed by atoms with Gasteiger partial charge in [-0.1, -0.05) is 34.1 Å². The van der Waals surface area contributed by atoms with Crippen molar-refractivity contribution in [2.75, 3.05) is 26.9 Å². The van der Waals surface area contributed by atoms with Gasteiger partial charge in [0.1, 0.15) is 12.4 Å². The summed E-state index contributed by atoms with van der Waals surface area (Å²) in [7, 11) is 1.60. The Morgan fingerprint density at radius 3 is 2.82 bits per heavy atom. The number of amides is 1. The molecule has 1 aliphatic heterocycles. The van der Waals surface area contributed by atoms with E-state index in [-0.39, 0.29) is 25.2 Å². The van der Waals surface area contributed by atoms with Crippen LogP contribution >= 0.6 is 15.9 Å². The number of nitrogens with zero attached hydrogens (tertiary/aromatic N) is 1. The number of rotatable bonds is 8. The van der Waals surface area contributed by atoms with Crippen LogP contribution in [-0.4, -0.2) is 43.7 Å². The molecule has 1 heterocycles. The first-order valence-electron chi connectivity index (χ1n) is 9.00. The number of hydrogen-bond acceptors (Lipinski definition) is 5. The predicted molar refractivity (Wildman–Crippen MR) is 107 cm³/mol. The molecule has 2 aromatic rings. The lowest BCUT2D eigenvalue weighted by Gasteiger charge is -2.28. The molecule has 1 atom stereocenters. The Labute approximate surface area is 172 Å². The van der Waals surface area contributed by atoms with Gasteiger partial charge in [0.25, 0.3) is 5.91 Å². The van der Waals surface area contributed by atoms with Gasteiger partial charge in [0.05, 0.1) is 26.4 Å². The van der Waals surface area contributed by atoms with Crippen molar-refractivity contribution in [1.82, 2.24) is 4.90 Å². The molecule has 3 rings (SSSR count). The summed E-state index contributed by atoms with van der Waals surface area (Å²) in [6.07, 6.45) is 0. The van der Waals surface area contributed by atoms with E-state index in [2.05, 4.69) is 15.9 Å². The molecule has 0 spiro atoms. The zero-order chi connectivity index (χ0) is 20.1. The van der Waals surface area contributed by atoms with Crippen LogP contribution in [0.3, 0.4) is 0 Å². The van der Waals surface area contributed by atoms with Gasteiger partial charge in [-0.05, 0) is 42.3 Å². The molecule has 0 fully saturated rings. The highest BCUT2D eigenvalue weighted by molar-refractivity contribution is 9.10. The van der Waals surface area contributed by atoms with Gasteiger partial charge in [0.2, 0.25) is 0 Å². The molecule has 0 N–H and O–H groups in total. The summed E-state index contributed by atoms with van der Waals surface area (Å²) < 4.78 is 16.7. The van der Waals surface area contributed by atoms with E-state index in [0.717, 1.165) is 15.6 Å². The van der Waals surface area contributed by atoms with Gasteiger partial charge >= 0.3 is 5.97 Å². The molecule has 1 unspecified atom stereocenters. The summed E-state index contributed by atoms with van der Waals surface area (Å²) >= 11 is 3.42. The van der Waals surface area contributed by atoms with Crippen LogP contribution in [0.25, 0.3) is 0 Å². The average molecular weight is 448 g/mol. The molecule has 0 bridgehead atoms. The van der Waals surface area contributed by atoms with Crippen molar-refractivity contribution in [3.05, 3.63) is 63.6 Å². The summed E-state index contributed by atoms with van der Waals surface area (Å²) in [5.74, 6) is 0.204. The Morgan fingerprint density at radius 1 is 1.25 bits per heavy atom. The Morgan fingerprint density at radius 2 is 2.07 bits per heavy atom. The molecule has 0 saturated carbocycles. The minimum Gasteiger partial charge on any atom is -0.497 e. The maximum Gasteiger partial charge on any atom is 0.332 e. The normalized spacial score (nSPS) is 14.0. The van der Waals surface area contributed by atoms with Crippen LogP contribution < -0.4 is 4.74 Å². The second-order valence-corrected chi connectivity index (χ2v) is 7.26. The summed E-state index contributed by atoms with van der Waals surface area (Å²) in [5.41, 5.74) is 2.52. The standard InChI is InChI=1S/C21H22BrNO5/c1-3-28-20(24)13-27-12-19(14-5-4-6-17(9-14)26-2)23-11-15-7-8-16(22)10-18(15)21(23)25/h4-10,19H,3,11-13H2,1-2H3. The number of hydrogen-bond donors (Lipinski definition) is 0. The van der Waals surface area contributed by atoms with Crippen molar-refractivity contribution >= 4 is 27.8 Å². The summed E-state index contributed by atoms with van der Waals surface area (Å²) in [6, 6.07) is 12.9. The zero-order valence-electron chi connectivity index (χ0n) is 15.8. The van der Waals surface area contributed by atoms with E-state index in [1.54, 1.807) is 18.9 Å². The fraction of sp³-hybridized carbons (Fsp3) is 0.333. The number of esters is 1. The second-order valence-electron chi connectivity index (χ2n) is 6.35. The Hall–Kier alpha value is -2.38. The molecular formula is C21H22BrNO5. The molecule has 0 radical (unpaired) electrons. The number of benzene rings is 2. The number of ether oxygens (including phenoxy) is 3. The largest absolute Gasteiger partial charge is 0.497 e. The van der Waals surface area contributed by atoms with Gasteiger partial charge in [-0.3, -0.25) is 4.79 Å². The van der Waals surface area contributed by atoms with Gasteiger partial charge in [-0.15, -0.1) is 0 Å². The second kappa shape index (κ2) is 9.21. The van der Waals surface area contributed by atoms with E-state index in [4.69, 9.17) is 14.2 Å². The molecule has 0 aromatic heterocycles. The van der Waals surface area contributed by atoms with Crippen LogP contribution in [-0.2, 0) is 20.8 Å². The van der Waals surface area contributed by atoms with E-state index in [1.165, 1.54) is 0 Å². The molecule has 148 valence electrons. The lowest BCUT2D eigenvalue weighted by molar-refractivity contribution is -0.148. The number of halogens is 1. The molecular weight excluding hydrogens is 426 g/mol. The van der Waals surface area contributed by atoms with Crippen LogP contribution in [0.5, 0.6) is 5.75 Å². The number of fused-ring (bicyclic) bond motifs is 1. The van der Waals surface area contributed by atoms with Gasteiger partial charge in [0.15, 0.2) is 0 Å². The molecule has 0 aliphatic carbocycles. The van der Waals surface area contributed by atoms with E-state index in [9.17, 15) is 9.59 Å². The maximum atomic E-state index is 13.0. The van der Waals surface area contributed by atoms with Gasteiger partial charge in [-0.2, -0.15) is 0 Å². The highest BCUT2D eigenvalue weighted by atomic mass is 79.9.